The van der Waals surface area contributed by atoms with Gasteiger partial charge < -0.3 is 0 Å². The van der Waals surface area contributed by atoms with Crippen LogP contribution in [0.3, 0.4) is 0 Å². The summed E-state index contributed by atoms with van der Waals surface area (Å²) < 4.78 is 0. The van der Waals surface area contributed by atoms with Crippen LogP contribution in [-0.2, 0) is 0 Å². The Balaban J connectivity index is 1.90. The van der Waals surface area contributed by atoms with Gasteiger partial charge in [-0.05, 0) is 25.1 Å². The predicted molar refractivity (Wildman–Crippen MR) is 95.1 cm³/mol. The molecule has 26 heavy (non-hydrogen) atoms. The van der Waals surface area contributed by atoms with Crippen LogP contribution in [0, 0.1) is 20.2 Å². The van der Waals surface area contributed by atoms with Gasteiger partial charge in [-0.3, -0.25) is 30.6 Å². The van der Waals surface area contributed by atoms with Gasteiger partial charge in [0.15, 0.2) is 0 Å². The van der Waals surface area contributed by atoms with Gasteiger partial charge in [0.1, 0.15) is 11.4 Å². The minimum Gasteiger partial charge on any atom is -0.271 e. The van der Waals surface area contributed by atoms with Gasteiger partial charge in [0.05, 0.1) is 38.9 Å². The molecular formula is C16H12N6O4. The summed E-state index contributed by atoms with van der Waals surface area (Å²) in [5.74, 6) is 0. The number of hydrazone groups is 1. The highest BCUT2D eigenvalue weighted by molar-refractivity contribution is 5.98. The first-order chi connectivity index (χ1) is 12.5. The predicted octanol–water partition coefficient (Wildman–Crippen LogP) is 3.28. The van der Waals surface area contributed by atoms with Crippen molar-refractivity contribution < 1.29 is 9.85 Å². The molecule has 10 heteroatoms. The normalized spacial score (nSPS) is 11.3. The first-order valence-electron chi connectivity index (χ1n) is 7.41. The minimum absolute atomic E-state index is 0.0358. The molecule has 0 unspecified atom stereocenters. The Morgan fingerprint density at radius 3 is 2.50 bits per heavy atom. The van der Waals surface area contributed by atoms with Crippen molar-refractivity contribution in [2.24, 2.45) is 5.10 Å². The number of hydrogen-bond donors (Lipinski definition) is 1. The number of nitro groups is 2. The second-order valence-electron chi connectivity index (χ2n) is 5.27. The number of aromatic nitrogens is 2. The third-order valence-electron chi connectivity index (χ3n) is 3.55. The monoisotopic (exact) mass is 352 g/mol. The summed E-state index contributed by atoms with van der Waals surface area (Å²) in [5.41, 5.74) is 4.17. The number of nitro benzene ring substituents is 2. The zero-order chi connectivity index (χ0) is 18.7. The molecule has 0 radical (unpaired) electrons. The molecule has 0 aliphatic rings. The van der Waals surface area contributed by atoms with Gasteiger partial charge in [0.2, 0.25) is 0 Å². The highest BCUT2D eigenvalue weighted by Gasteiger charge is 2.19. The minimum atomic E-state index is -0.712. The topological polar surface area (TPSA) is 136 Å². The third-order valence-corrected chi connectivity index (χ3v) is 3.55. The second-order valence-corrected chi connectivity index (χ2v) is 5.27. The molecule has 3 rings (SSSR count). The van der Waals surface area contributed by atoms with Crippen LogP contribution < -0.4 is 5.43 Å². The van der Waals surface area contributed by atoms with Gasteiger partial charge in [-0.15, -0.1) is 0 Å². The third kappa shape index (κ3) is 3.43. The molecule has 130 valence electrons. The van der Waals surface area contributed by atoms with Gasteiger partial charge in [0, 0.05) is 6.07 Å². The lowest BCUT2D eigenvalue weighted by molar-refractivity contribution is -0.393. The fourth-order valence-electron chi connectivity index (χ4n) is 2.21. The maximum absolute atomic E-state index is 11.1. The molecule has 3 aromatic rings. The van der Waals surface area contributed by atoms with Crippen molar-refractivity contribution in [2.75, 3.05) is 5.43 Å². The van der Waals surface area contributed by atoms with E-state index >= 15 is 0 Å². The van der Waals surface area contributed by atoms with Crippen LogP contribution in [0.1, 0.15) is 12.6 Å². The quantitative estimate of drug-likeness (QED) is 0.422. The molecule has 0 aliphatic heterocycles. The molecule has 0 amide bonds. The van der Waals surface area contributed by atoms with Gasteiger partial charge in [-0.1, -0.05) is 12.1 Å². The highest BCUT2D eigenvalue weighted by Crippen LogP contribution is 2.29. The number of benzene rings is 2. The van der Waals surface area contributed by atoms with Crippen molar-refractivity contribution in [3.05, 3.63) is 74.6 Å². The van der Waals surface area contributed by atoms with Crippen LogP contribution in [0.5, 0.6) is 0 Å². The number of hydrogen-bond acceptors (Lipinski definition) is 8. The summed E-state index contributed by atoms with van der Waals surface area (Å²) in [6, 6.07) is 10.6. The standard InChI is InChI=1S/C16H12N6O4/c1-10(15-9-17-12-4-2-3-5-13(12)18-15)19-20-14-7-6-11(21(23)24)8-16(14)22(25)26/h2-9,20H,1H3/b19-10-. The van der Waals surface area contributed by atoms with E-state index in [2.05, 4.69) is 20.5 Å². The molecule has 2 aromatic carbocycles. The first kappa shape index (κ1) is 16.9. The van der Waals surface area contributed by atoms with Crippen LogP contribution in [0.15, 0.2) is 53.8 Å². The fourth-order valence-corrected chi connectivity index (χ4v) is 2.21. The molecule has 1 heterocycles. The maximum Gasteiger partial charge on any atom is 0.301 e. The van der Waals surface area contributed by atoms with Crippen molar-refractivity contribution in [3.63, 3.8) is 0 Å². The molecule has 0 bridgehead atoms. The number of nitrogens with zero attached hydrogens (tertiary/aromatic N) is 5. The Morgan fingerprint density at radius 1 is 1.08 bits per heavy atom. The molecule has 0 saturated carbocycles. The lowest BCUT2D eigenvalue weighted by Gasteiger charge is -2.05. The zero-order valence-corrected chi connectivity index (χ0v) is 13.5. The summed E-state index contributed by atoms with van der Waals surface area (Å²) in [7, 11) is 0. The average Bonchev–Trinajstić information content (AvgIpc) is 2.65. The second kappa shape index (κ2) is 6.89. The van der Waals surface area contributed by atoms with Gasteiger partial charge in [0.25, 0.3) is 5.69 Å². The molecule has 10 nitrogen and oxygen atoms in total. The van der Waals surface area contributed by atoms with E-state index in [-0.39, 0.29) is 11.4 Å². The molecule has 0 spiro atoms. The molecule has 1 aromatic heterocycles. The smallest absolute Gasteiger partial charge is 0.271 e. The van der Waals surface area contributed by atoms with Crippen LogP contribution in [0.4, 0.5) is 17.1 Å². The summed E-state index contributed by atoms with van der Waals surface area (Å²) in [5, 5.41) is 26.0. The van der Waals surface area contributed by atoms with E-state index < -0.39 is 15.5 Å². The summed E-state index contributed by atoms with van der Waals surface area (Å²) in [6.07, 6.45) is 1.55. The van der Waals surface area contributed by atoms with Crippen molar-refractivity contribution in [3.8, 4) is 0 Å². The Bertz CT molecular complexity index is 1050. The molecule has 0 aliphatic carbocycles. The highest BCUT2D eigenvalue weighted by atomic mass is 16.6. The number of nitrogens with one attached hydrogen (secondary N) is 1. The molecule has 0 atom stereocenters. The summed E-state index contributed by atoms with van der Waals surface area (Å²) in [4.78, 5) is 29.2. The molecule has 0 saturated heterocycles. The fraction of sp³-hybridized carbons (Fsp3) is 0.0625. The van der Waals surface area contributed by atoms with Gasteiger partial charge in [-0.25, -0.2) is 4.98 Å². The number of anilines is 1. The lowest BCUT2D eigenvalue weighted by atomic mass is 10.2. The van der Waals surface area contributed by atoms with Crippen LogP contribution in [0.25, 0.3) is 11.0 Å². The van der Waals surface area contributed by atoms with E-state index in [0.717, 1.165) is 17.6 Å². The van der Waals surface area contributed by atoms with E-state index in [1.165, 1.54) is 6.07 Å². The largest absolute Gasteiger partial charge is 0.301 e. The van der Waals surface area contributed by atoms with Crippen LogP contribution in [-0.4, -0.2) is 25.5 Å². The van der Waals surface area contributed by atoms with E-state index in [9.17, 15) is 20.2 Å². The Hall–Kier alpha value is -3.95. The first-order valence-corrected chi connectivity index (χ1v) is 7.41. The van der Waals surface area contributed by atoms with Crippen molar-refractivity contribution >= 4 is 33.8 Å². The number of para-hydroxylation sites is 2. The number of rotatable bonds is 5. The Kier molecular flexibility index (Phi) is 4.48. The van der Waals surface area contributed by atoms with E-state index in [4.69, 9.17) is 0 Å². The summed E-state index contributed by atoms with van der Waals surface area (Å²) in [6.45, 7) is 1.67. The van der Waals surface area contributed by atoms with Gasteiger partial charge in [-0.2, -0.15) is 5.10 Å². The van der Waals surface area contributed by atoms with Crippen molar-refractivity contribution in [1.29, 1.82) is 0 Å². The Labute approximate surface area is 146 Å². The SMILES string of the molecule is C/C(=N/Nc1ccc([N+](=O)[O-])cc1[N+](=O)[O-])c1cnc2ccccc2n1. The lowest BCUT2D eigenvalue weighted by Crippen LogP contribution is -2.05. The van der Waals surface area contributed by atoms with E-state index in [0.29, 0.717) is 16.9 Å². The zero-order valence-electron chi connectivity index (χ0n) is 13.5. The molecule has 0 fully saturated rings. The van der Waals surface area contributed by atoms with Crippen LogP contribution in [0.2, 0.25) is 0 Å². The Morgan fingerprint density at radius 2 is 1.81 bits per heavy atom. The number of non-ortho nitro benzene ring substituents is 1. The molecular weight excluding hydrogens is 340 g/mol. The maximum atomic E-state index is 11.1. The average molecular weight is 352 g/mol. The van der Waals surface area contributed by atoms with E-state index in [1.54, 1.807) is 13.1 Å². The van der Waals surface area contributed by atoms with Gasteiger partial charge >= 0.3 is 5.69 Å². The molecule has 1 N–H and O–H groups in total. The van der Waals surface area contributed by atoms with Crippen molar-refractivity contribution in [2.45, 2.75) is 6.92 Å². The number of fused-ring (bicyclic) bond motifs is 1. The van der Waals surface area contributed by atoms with Crippen LogP contribution >= 0.6 is 0 Å². The van der Waals surface area contributed by atoms with E-state index in [1.807, 2.05) is 24.3 Å². The van der Waals surface area contributed by atoms with Crippen molar-refractivity contribution in [1.82, 2.24) is 9.97 Å². The summed E-state index contributed by atoms with van der Waals surface area (Å²) >= 11 is 0.